The number of aromatic nitrogens is 6. The van der Waals surface area contributed by atoms with Crippen LogP contribution in [0, 0.1) is 11.8 Å². The third kappa shape index (κ3) is 3.58. The molecule has 0 amide bonds. The molecule has 5 aromatic rings. The number of hydrogen-bond acceptors (Lipinski definition) is 5. The van der Waals surface area contributed by atoms with Crippen molar-refractivity contribution in [3.8, 4) is 22.3 Å². The lowest BCUT2D eigenvalue weighted by Crippen LogP contribution is -2.10. The maximum Gasteiger partial charge on any atom is 0.240 e. The smallest absolute Gasteiger partial charge is 0.240 e. The minimum atomic E-state index is -0.587. The predicted octanol–water partition coefficient (Wildman–Crippen LogP) is 4.51. The summed E-state index contributed by atoms with van der Waals surface area (Å²) in [5.74, 6) is -0.717. The van der Waals surface area contributed by atoms with E-state index in [1.54, 1.807) is 42.7 Å². The van der Waals surface area contributed by atoms with Crippen molar-refractivity contribution in [2.75, 3.05) is 5.73 Å². The lowest BCUT2D eigenvalue weighted by molar-refractivity contribution is 0.508. The van der Waals surface area contributed by atoms with E-state index in [9.17, 15) is 8.78 Å². The molecule has 9 heteroatoms. The Hall–Kier alpha value is -4.14. The van der Waals surface area contributed by atoms with E-state index in [1.165, 1.54) is 22.8 Å². The monoisotopic (exact) mass is 431 g/mol. The molecule has 0 unspecified atom stereocenters. The summed E-state index contributed by atoms with van der Waals surface area (Å²) < 4.78 is 31.2. The molecule has 1 aromatic carbocycles. The second-order valence-corrected chi connectivity index (χ2v) is 7.44. The third-order valence-corrected chi connectivity index (χ3v) is 5.40. The van der Waals surface area contributed by atoms with Gasteiger partial charge in [0.25, 0.3) is 0 Å². The highest BCUT2D eigenvalue weighted by Gasteiger charge is 2.16. The first-order chi connectivity index (χ1) is 15.5. The highest BCUT2D eigenvalue weighted by molar-refractivity contribution is 5.73. The SMILES string of the molecule is CC[C@H](c1ccc(F)cc1)n1cc(-c2cnc(F)c(-c3ccn4nc(N)nc4c3)c2)cn1. The van der Waals surface area contributed by atoms with Gasteiger partial charge in [-0.2, -0.15) is 14.5 Å². The van der Waals surface area contributed by atoms with Crippen LogP contribution in [0.3, 0.4) is 0 Å². The zero-order valence-electron chi connectivity index (χ0n) is 17.2. The van der Waals surface area contributed by atoms with Crippen molar-refractivity contribution >= 4 is 11.6 Å². The van der Waals surface area contributed by atoms with E-state index < -0.39 is 5.95 Å². The highest BCUT2D eigenvalue weighted by atomic mass is 19.1. The van der Waals surface area contributed by atoms with Crippen LogP contribution in [0.5, 0.6) is 0 Å². The number of nitrogens with zero attached hydrogens (tertiary/aromatic N) is 6. The molecule has 0 saturated heterocycles. The van der Waals surface area contributed by atoms with Gasteiger partial charge in [-0.15, -0.1) is 5.10 Å². The number of pyridine rings is 2. The summed E-state index contributed by atoms with van der Waals surface area (Å²) in [7, 11) is 0. The van der Waals surface area contributed by atoms with E-state index in [1.807, 2.05) is 17.8 Å². The van der Waals surface area contributed by atoms with E-state index >= 15 is 0 Å². The Balaban J connectivity index is 1.50. The summed E-state index contributed by atoms with van der Waals surface area (Å²) in [6.45, 7) is 2.04. The molecule has 0 aliphatic rings. The fourth-order valence-corrected chi connectivity index (χ4v) is 3.79. The van der Waals surface area contributed by atoms with Crippen molar-refractivity contribution in [1.82, 2.24) is 29.4 Å². The Morgan fingerprint density at radius 2 is 1.81 bits per heavy atom. The van der Waals surface area contributed by atoms with Crippen LogP contribution in [-0.2, 0) is 0 Å². The number of hydrogen-bond donors (Lipinski definition) is 1. The first-order valence-corrected chi connectivity index (χ1v) is 10.1. The summed E-state index contributed by atoms with van der Waals surface area (Å²) in [5, 5.41) is 8.53. The second kappa shape index (κ2) is 7.84. The van der Waals surface area contributed by atoms with E-state index in [0.29, 0.717) is 16.8 Å². The molecule has 160 valence electrons. The lowest BCUT2D eigenvalue weighted by atomic mass is 10.0. The van der Waals surface area contributed by atoms with Crippen molar-refractivity contribution in [1.29, 1.82) is 0 Å². The molecule has 4 heterocycles. The molecule has 0 bridgehead atoms. The molecule has 0 aliphatic carbocycles. The van der Waals surface area contributed by atoms with Crippen LogP contribution in [0.1, 0.15) is 24.9 Å². The molecule has 5 rings (SSSR count). The summed E-state index contributed by atoms with van der Waals surface area (Å²) in [4.78, 5) is 8.07. The number of anilines is 1. The van der Waals surface area contributed by atoms with Crippen molar-refractivity contribution in [3.63, 3.8) is 0 Å². The van der Waals surface area contributed by atoms with Gasteiger partial charge in [-0.3, -0.25) is 4.68 Å². The van der Waals surface area contributed by atoms with Gasteiger partial charge in [-0.05, 0) is 47.9 Å². The number of nitrogens with two attached hydrogens (primary N) is 1. The second-order valence-electron chi connectivity index (χ2n) is 7.44. The minimum absolute atomic E-state index is 0.0435. The van der Waals surface area contributed by atoms with Crippen molar-refractivity contribution in [3.05, 3.63) is 84.6 Å². The van der Waals surface area contributed by atoms with Gasteiger partial charge in [0.15, 0.2) is 5.65 Å². The fourth-order valence-electron chi connectivity index (χ4n) is 3.79. The first kappa shape index (κ1) is 19.8. The molecule has 0 aliphatic heterocycles. The Labute approximate surface area is 182 Å². The van der Waals surface area contributed by atoms with Gasteiger partial charge in [-0.1, -0.05) is 19.1 Å². The maximum atomic E-state index is 14.6. The standard InChI is InChI=1S/C23H19F2N7/c1-2-20(14-3-5-18(24)6-4-14)32-13-17(12-28-32)16-9-19(22(25)27-11-16)15-7-8-31-21(10-15)29-23(26)30-31/h3-13,20H,2H2,1H3,(H2,26,30)/t20-/m1/s1. The van der Waals surface area contributed by atoms with Gasteiger partial charge in [0.05, 0.1) is 12.2 Å². The van der Waals surface area contributed by atoms with Gasteiger partial charge in [-0.25, -0.2) is 13.9 Å². The topological polar surface area (TPSA) is 86.9 Å². The molecular formula is C23H19F2N7. The Bertz CT molecular complexity index is 1410. The average Bonchev–Trinajstić information content (AvgIpc) is 3.41. The Morgan fingerprint density at radius 1 is 1.00 bits per heavy atom. The van der Waals surface area contributed by atoms with Crippen LogP contribution >= 0.6 is 0 Å². The average molecular weight is 431 g/mol. The largest absolute Gasteiger partial charge is 0.366 e. The van der Waals surface area contributed by atoms with E-state index in [-0.39, 0.29) is 17.8 Å². The van der Waals surface area contributed by atoms with Crippen molar-refractivity contribution < 1.29 is 8.78 Å². The molecule has 0 fully saturated rings. The normalized spacial score (nSPS) is 12.3. The number of benzene rings is 1. The van der Waals surface area contributed by atoms with E-state index in [2.05, 4.69) is 20.2 Å². The highest BCUT2D eigenvalue weighted by Crippen LogP contribution is 2.29. The molecule has 4 aromatic heterocycles. The zero-order valence-corrected chi connectivity index (χ0v) is 17.2. The zero-order chi connectivity index (χ0) is 22.2. The number of halogens is 2. The van der Waals surface area contributed by atoms with Crippen LogP contribution in [0.15, 0.2) is 67.3 Å². The third-order valence-electron chi connectivity index (χ3n) is 5.40. The quantitative estimate of drug-likeness (QED) is 0.414. The summed E-state index contributed by atoms with van der Waals surface area (Å²) >= 11 is 0. The molecule has 2 N–H and O–H groups in total. The van der Waals surface area contributed by atoms with E-state index in [0.717, 1.165) is 23.1 Å². The van der Waals surface area contributed by atoms with Gasteiger partial charge in [0.1, 0.15) is 5.82 Å². The molecule has 0 saturated carbocycles. The van der Waals surface area contributed by atoms with Crippen LogP contribution in [-0.4, -0.2) is 29.4 Å². The lowest BCUT2D eigenvalue weighted by Gasteiger charge is -2.16. The Morgan fingerprint density at radius 3 is 2.59 bits per heavy atom. The van der Waals surface area contributed by atoms with Crippen LogP contribution in [0.2, 0.25) is 0 Å². The molecular weight excluding hydrogens is 412 g/mol. The molecule has 0 radical (unpaired) electrons. The molecule has 1 atom stereocenters. The molecule has 0 spiro atoms. The molecule has 7 nitrogen and oxygen atoms in total. The van der Waals surface area contributed by atoms with E-state index in [4.69, 9.17) is 5.73 Å². The van der Waals surface area contributed by atoms with Crippen molar-refractivity contribution in [2.45, 2.75) is 19.4 Å². The first-order valence-electron chi connectivity index (χ1n) is 10.1. The van der Waals surface area contributed by atoms with Gasteiger partial charge < -0.3 is 5.73 Å². The summed E-state index contributed by atoms with van der Waals surface area (Å²) in [5.41, 5.74) is 9.59. The summed E-state index contributed by atoms with van der Waals surface area (Å²) in [6.07, 6.45) is 7.53. The predicted molar refractivity (Wildman–Crippen MR) is 117 cm³/mol. The Kier molecular flexibility index (Phi) is 4.85. The number of fused-ring (bicyclic) bond motifs is 1. The summed E-state index contributed by atoms with van der Waals surface area (Å²) in [6, 6.07) is 11.5. The van der Waals surface area contributed by atoms with Crippen LogP contribution in [0.25, 0.3) is 27.9 Å². The number of nitrogen functional groups attached to an aromatic ring is 1. The minimum Gasteiger partial charge on any atom is -0.366 e. The van der Waals surface area contributed by atoms with Crippen molar-refractivity contribution in [2.24, 2.45) is 0 Å². The molecule has 32 heavy (non-hydrogen) atoms. The van der Waals surface area contributed by atoms with Gasteiger partial charge >= 0.3 is 0 Å². The fraction of sp³-hybridized carbons (Fsp3) is 0.130. The van der Waals surface area contributed by atoms with Gasteiger partial charge in [0.2, 0.25) is 11.9 Å². The maximum absolute atomic E-state index is 14.6. The van der Waals surface area contributed by atoms with Crippen LogP contribution < -0.4 is 5.73 Å². The van der Waals surface area contributed by atoms with Gasteiger partial charge in [0, 0.05) is 35.3 Å². The number of rotatable bonds is 5. The van der Waals surface area contributed by atoms with Crippen LogP contribution in [0.4, 0.5) is 14.7 Å².